The number of rotatable bonds is 6. The van der Waals surface area contributed by atoms with Crippen molar-refractivity contribution >= 4 is 17.0 Å². The van der Waals surface area contributed by atoms with Crippen LogP contribution in [0.4, 0.5) is 5.69 Å². The van der Waals surface area contributed by atoms with Crippen molar-refractivity contribution in [2.45, 2.75) is 13.3 Å². The van der Waals surface area contributed by atoms with Gasteiger partial charge in [0.1, 0.15) is 11.5 Å². The van der Waals surface area contributed by atoms with E-state index in [9.17, 15) is 9.90 Å². The van der Waals surface area contributed by atoms with Gasteiger partial charge in [0.25, 0.3) is 0 Å². The van der Waals surface area contributed by atoms with Gasteiger partial charge in [-0.25, -0.2) is 0 Å². The average Bonchev–Trinajstić information content (AvgIpc) is 2.52. The maximum atomic E-state index is 12.5. The number of benzene rings is 2. The van der Waals surface area contributed by atoms with E-state index < -0.39 is 0 Å². The van der Waals surface area contributed by atoms with Crippen LogP contribution in [0.25, 0.3) is 5.57 Å². The van der Waals surface area contributed by atoms with Crippen molar-refractivity contribution in [2.24, 2.45) is 0 Å². The number of hydrogen-bond donors (Lipinski definition) is 2. The van der Waals surface area contributed by atoms with E-state index in [1.165, 1.54) is 12.1 Å². The lowest BCUT2D eigenvalue weighted by Crippen LogP contribution is -2.05. The van der Waals surface area contributed by atoms with Crippen molar-refractivity contribution in [3.63, 3.8) is 0 Å². The highest BCUT2D eigenvalue weighted by Gasteiger charge is 2.18. The first-order chi connectivity index (χ1) is 10.5. The molecule has 0 fully saturated rings. The van der Waals surface area contributed by atoms with Gasteiger partial charge in [0.2, 0.25) is 0 Å². The Balaban J connectivity index is 2.33. The van der Waals surface area contributed by atoms with Gasteiger partial charge in [-0.3, -0.25) is 4.79 Å². The summed E-state index contributed by atoms with van der Waals surface area (Å²) in [6.45, 7) is 6.43. The molecule has 0 atom stereocenters. The van der Waals surface area contributed by atoms with E-state index in [0.29, 0.717) is 23.6 Å². The molecule has 2 rings (SSSR count). The van der Waals surface area contributed by atoms with E-state index in [1.54, 1.807) is 18.2 Å². The van der Waals surface area contributed by atoms with Crippen LogP contribution >= 0.6 is 0 Å². The molecular weight excluding hydrogens is 278 g/mol. The van der Waals surface area contributed by atoms with Gasteiger partial charge in [-0.05, 0) is 24.6 Å². The fourth-order valence-electron chi connectivity index (χ4n) is 2.08. The monoisotopic (exact) mass is 297 g/mol. The van der Waals surface area contributed by atoms with Crippen LogP contribution in [-0.2, 0) is 0 Å². The van der Waals surface area contributed by atoms with E-state index in [-0.39, 0.29) is 22.7 Å². The molecule has 3 N–H and O–H groups in total. The summed E-state index contributed by atoms with van der Waals surface area (Å²) in [6.07, 6.45) is 0.869. The van der Waals surface area contributed by atoms with Crippen molar-refractivity contribution in [1.29, 1.82) is 0 Å². The third kappa shape index (κ3) is 3.28. The molecule has 0 aliphatic rings. The zero-order valence-electron chi connectivity index (χ0n) is 12.5. The molecule has 4 heteroatoms. The molecule has 0 aromatic heterocycles. The van der Waals surface area contributed by atoms with E-state index >= 15 is 0 Å². The fourth-order valence-corrected chi connectivity index (χ4v) is 2.08. The fraction of sp³-hybridized carbons (Fsp3) is 0.167. The minimum Gasteiger partial charge on any atom is -0.507 e. The highest BCUT2D eigenvalue weighted by molar-refractivity contribution is 6.29. The van der Waals surface area contributed by atoms with E-state index in [2.05, 4.69) is 6.58 Å². The molecule has 22 heavy (non-hydrogen) atoms. The number of ether oxygens (including phenoxy) is 1. The second kappa shape index (κ2) is 6.80. The molecule has 0 unspecified atom stereocenters. The summed E-state index contributed by atoms with van der Waals surface area (Å²) >= 11 is 0. The summed E-state index contributed by atoms with van der Waals surface area (Å²) in [6, 6.07) is 11.6. The van der Waals surface area contributed by atoms with Crippen molar-refractivity contribution in [3.8, 4) is 11.5 Å². The van der Waals surface area contributed by atoms with Gasteiger partial charge in [-0.2, -0.15) is 0 Å². The zero-order chi connectivity index (χ0) is 16.1. The van der Waals surface area contributed by atoms with Gasteiger partial charge in [0.05, 0.1) is 12.2 Å². The number of hydrogen-bond acceptors (Lipinski definition) is 4. The van der Waals surface area contributed by atoms with Gasteiger partial charge >= 0.3 is 0 Å². The molecule has 0 bridgehead atoms. The summed E-state index contributed by atoms with van der Waals surface area (Å²) in [7, 11) is 0. The summed E-state index contributed by atoms with van der Waals surface area (Å²) < 4.78 is 5.65. The summed E-state index contributed by atoms with van der Waals surface area (Å²) in [5.74, 6) is 0.0980. The largest absolute Gasteiger partial charge is 0.507 e. The topological polar surface area (TPSA) is 72.6 Å². The predicted octanol–water partition coefficient (Wildman–Crippen LogP) is 3.66. The molecule has 0 saturated carbocycles. The Hall–Kier alpha value is -2.75. The molecular formula is C18H19NO3. The van der Waals surface area contributed by atoms with Crippen LogP contribution in [0, 0.1) is 0 Å². The molecule has 0 spiro atoms. The molecule has 2 aromatic carbocycles. The maximum Gasteiger partial charge on any atom is 0.196 e. The molecule has 0 aliphatic carbocycles. The Morgan fingerprint density at radius 2 is 1.95 bits per heavy atom. The minimum absolute atomic E-state index is 0.155. The Bertz CT molecular complexity index is 707. The number of Topliss-reactive ketones (excluding diaryl/α,β-unsaturated/α-hetero) is 1. The Morgan fingerprint density at radius 3 is 2.64 bits per heavy atom. The lowest BCUT2D eigenvalue weighted by Gasteiger charge is -2.13. The number of nitrogens with two attached hydrogens (primary N) is 1. The van der Waals surface area contributed by atoms with Crippen LogP contribution in [-0.4, -0.2) is 17.5 Å². The van der Waals surface area contributed by atoms with Gasteiger partial charge < -0.3 is 15.6 Å². The number of carbonyl (C=O) groups excluding carboxylic acids is 1. The van der Waals surface area contributed by atoms with Crippen LogP contribution in [0.1, 0.15) is 29.3 Å². The van der Waals surface area contributed by atoms with Gasteiger partial charge in [0.15, 0.2) is 5.78 Å². The molecule has 0 heterocycles. The van der Waals surface area contributed by atoms with Crippen molar-refractivity contribution in [3.05, 3.63) is 60.2 Å². The highest BCUT2D eigenvalue weighted by atomic mass is 16.5. The number of carbonyl (C=O) groups is 1. The summed E-state index contributed by atoms with van der Waals surface area (Å²) in [4.78, 5) is 12.5. The van der Waals surface area contributed by atoms with Crippen molar-refractivity contribution in [1.82, 2.24) is 0 Å². The first-order valence-electron chi connectivity index (χ1n) is 7.09. The van der Waals surface area contributed by atoms with Gasteiger partial charge in [-0.1, -0.05) is 31.7 Å². The minimum atomic E-state index is -0.356. The number of ketones is 1. The molecule has 2 aromatic rings. The van der Waals surface area contributed by atoms with Crippen LogP contribution in [0.15, 0.2) is 49.0 Å². The first kappa shape index (κ1) is 15.6. The number of phenols is 1. The van der Waals surface area contributed by atoms with Crippen LogP contribution in [0.5, 0.6) is 11.5 Å². The highest BCUT2D eigenvalue weighted by Crippen LogP contribution is 2.30. The zero-order valence-corrected chi connectivity index (χ0v) is 12.5. The standard InChI is InChI=1S/C18H19NO3/c1-3-10-22-17-7-5-4-6-14(17)12(2)18(21)15-9-8-13(19)11-16(15)20/h4-9,11,20H,2-3,10,19H2,1H3. The molecule has 4 nitrogen and oxygen atoms in total. The number of aromatic hydroxyl groups is 1. The van der Waals surface area contributed by atoms with Crippen LogP contribution < -0.4 is 10.5 Å². The maximum absolute atomic E-state index is 12.5. The van der Waals surface area contributed by atoms with Gasteiger partial charge in [-0.15, -0.1) is 0 Å². The van der Waals surface area contributed by atoms with E-state index in [4.69, 9.17) is 10.5 Å². The Labute approximate surface area is 129 Å². The van der Waals surface area contributed by atoms with E-state index in [1.807, 2.05) is 19.1 Å². The molecule has 0 amide bonds. The van der Waals surface area contributed by atoms with Gasteiger partial charge in [0, 0.05) is 22.9 Å². The third-order valence-electron chi connectivity index (χ3n) is 3.21. The van der Waals surface area contributed by atoms with E-state index in [0.717, 1.165) is 6.42 Å². The second-order valence-electron chi connectivity index (χ2n) is 4.93. The predicted molar refractivity (Wildman–Crippen MR) is 88.1 cm³/mol. The first-order valence-corrected chi connectivity index (χ1v) is 7.09. The quantitative estimate of drug-likeness (QED) is 0.485. The number of allylic oxidation sites excluding steroid dienone is 1. The van der Waals surface area contributed by atoms with Crippen molar-refractivity contribution in [2.75, 3.05) is 12.3 Å². The Morgan fingerprint density at radius 1 is 1.23 bits per heavy atom. The SMILES string of the molecule is C=C(C(=O)c1ccc(N)cc1O)c1ccccc1OCCC. The lowest BCUT2D eigenvalue weighted by atomic mass is 9.96. The number of para-hydroxylation sites is 1. The summed E-state index contributed by atoms with van der Waals surface area (Å²) in [5.41, 5.74) is 7.04. The number of anilines is 1. The lowest BCUT2D eigenvalue weighted by molar-refractivity contribution is 0.105. The Kier molecular flexibility index (Phi) is 4.84. The average molecular weight is 297 g/mol. The van der Waals surface area contributed by atoms with Crippen LogP contribution in [0.3, 0.4) is 0 Å². The van der Waals surface area contributed by atoms with Crippen LogP contribution in [0.2, 0.25) is 0 Å². The third-order valence-corrected chi connectivity index (χ3v) is 3.21. The smallest absolute Gasteiger partial charge is 0.196 e. The number of nitrogen functional groups attached to an aromatic ring is 1. The summed E-state index contributed by atoms with van der Waals surface area (Å²) in [5, 5.41) is 9.90. The molecule has 114 valence electrons. The normalized spacial score (nSPS) is 10.2. The molecule has 0 saturated heterocycles. The number of phenolic OH excluding ortho intramolecular Hbond substituents is 1. The molecule has 0 aliphatic heterocycles. The van der Waals surface area contributed by atoms with Crippen molar-refractivity contribution < 1.29 is 14.6 Å². The second-order valence-corrected chi connectivity index (χ2v) is 4.93. The molecule has 0 radical (unpaired) electrons.